The molecular weight excluding hydrogens is 374 g/mol. The average Bonchev–Trinajstić information content (AvgIpc) is 3.25. The largest absolute Gasteiger partial charge is 0.372 e. The van der Waals surface area contributed by atoms with Crippen LogP contribution in [0, 0.1) is 0 Å². The van der Waals surface area contributed by atoms with Crippen molar-refractivity contribution in [3.63, 3.8) is 0 Å². The maximum atomic E-state index is 12.5. The zero-order chi connectivity index (χ0) is 19.3. The first-order valence-electron chi connectivity index (χ1n) is 9.19. The lowest BCUT2D eigenvalue weighted by Gasteiger charge is -2.17. The Balaban J connectivity index is 1.42. The normalized spacial score (nSPS) is 13.4. The average molecular weight is 394 g/mol. The molecule has 28 heavy (non-hydrogen) atoms. The molecule has 0 unspecified atom stereocenters. The molecule has 0 spiro atoms. The predicted molar refractivity (Wildman–Crippen MR) is 113 cm³/mol. The molecule has 7 heteroatoms. The fourth-order valence-electron chi connectivity index (χ4n) is 3.13. The van der Waals surface area contributed by atoms with E-state index in [2.05, 4.69) is 25.5 Å². The zero-order valence-corrected chi connectivity index (χ0v) is 16.0. The van der Waals surface area contributed by atoms with Crippen LogP contribution in [0.15, 0.2) is 60.8 Å². The van der Waals surface area contributed by atoms with Gasteiger partial charge in [0, 0.05) is 41.4 Å². The summed E-state index contributed by atoms with van der Waals surface area (Å²) in [6.07, 6.45) is 4.02. The van der Waals surface area contributed by atoms with E-state index >= 15 is 0 Å². The zero-order valence-electron chi connectivity index (χ0n) is 15.2. The number of hydrogen-bond donors (Lipinski definition) is 2. The summed E-state index contributed by atoms with van der Waals surface area (Å²) in [6, 6.07) is 16.7. The van der Waals surface area contributed by atoms with Crippen LogP contribution in [0.1, 0.15) is 23.3 Å². The van der Waals surface area contributed by atoms with E-state index in [0.29, 0.717) is 11.0 Å². The molecule has 2 heterocycles. The van der Waals surface area contributed by atoms with Crippen molar-refractivity contribution in [3.8, 4) is 0 Å². The Kier molecular flexibility index (Phi) is 5.39. The highest BCUT2D eigenvalue weighted by Gasteiger charge is 2.13. The van der Waals surface area contributed by atoms with Gasteiger partial charge in [-0.25, -0.2) is 9.97 Å². The lowest BCUT2D eigenvalue weighted by Crippen LogP contribution is -2.18. The van der Waals surface area contributed by atoms with Crippen molar-refractivity contribution >= 4 is 40.5 Å². The van der Waals surface area contributed by atoms with Gasteiger partial charge in [0.15, 0.2) is 0 Å². The van der Waals surface area contributed by atoms with Gasteiger partial charge in [0.1, 0.15) is 5.69 Å². The molecule has 1 fully saturated rings. The Morgan fingerprint density at radius 2 is 1.61 bits per heavy atom. The van der Waals surface area contributed by atoms with Crippen LogP contribution in [0.25, 0.3) is 0 Å². The van der Waals surface area contributed by atoms with Crippen LogP contribution in [0.4, 0.5) is 23.0 Å². The molecule has 1 aliphatic rings. The van der Waals surface area contributed by atoms with Crippen molar-refractivity contribution in [1.82, 2.24) is 9.97 Å². The Morgan fingerprint density at radius 1 is 0.929 bits per heavy atom. The van der Waals surface area contributed by atoms with Crippen LogP contribution in [0.5, 0.6) is 0 Å². The van der Waals surface area contributed by atoms with Crippen LogP contribution < -0.4 is 15.5 Å². The number of aromatic nitrogens is 2. The molecule has 3 aromatic rings. The maximum absolute atomic E-state index is 12.5. The van der Waals surface area contributed by atoms with E-state index in [1.54, 1.807) is 24.4 Å². The first-order valence-corrected chi connectivity index (χ1v) is 9.57. The maximum Gasteiger partial charge on any atom is 0.274 e. The van der Waals surface area contributed by atoms with Gasteiger partial charge in [-0.15, -0.1) is 0 Å². The Hall–Kier alpha value is -3.12. The van der Waals surface area contributed by atoms with E-state index in [9.17, 15) is 4.79 Å². The molecule has 2 aromatic carbocycles. The van der Waals surface area contributed by atoms with E-state index in [1.807, 2.05) is 36.4 Å². The fraction of sp³-hybridized carbons (Fsp3) is 0.190. The van der Waals surface area contributed by atoms with Gasteiger partial charge in [0.25, 0.3) is 5.91 Å². The number of rotatable bonds is 5. The third-order valence-corrected chi connectivity index (χ3v) is 4.84. The number of carbonyl (C=O) groups excluding carboxylic acids is 1. The summed E-state index contributed by atoms with van der Waals surface area (Å²) in [7, 11) is 0. The quantitative estimate of drug-likeness (QED) is 0.656. The number of anilines is 4. The van der Waals surface area contributed by atoms with Gasteiger partial charge in [0.05, 0.1) is 0 Å². The molecule has 0 bridgehead atoms. The molecule has 4 rings (SSSR count). The van der Waals surface area contributed by atoms with Crippen molar-refractivity contribution < 1.29 is 4.79 Å². The highest BCUT2D eigenvalue weighted by atomic mass is 35.5. The Morgan fingerprint density at radius 3 is 2.32 bits per heavy atom. The highest BCUT2D eigenvalue weighted by Crippen LogP contribution is 2.22. The number of nitrogens with one attached hydrogen (secondary N) is 2. The molecule has 2 N–H and O–H groups in total. The molecule has 6 nitrogen and oxygen atoms in total. The SMILES string of the molecule is O=C(Nc1ccc(N2CCCC2)cc1)c1ccnc(Nc2ccc(Cl)cc2)n1. The summed E-state index contributed by atoms with van der Waals surface area (Å²) in [5, 5.41) is 6.59. The minimum absolute atomic E-state index is 0.282. The van der Waals surface area contributed by atoms with Crippen molar-refractivity contribution in [2.45, 2.75) is 12.8 Å². The van der Waals surface area contributed by atoms with E-state index in [-0.39, 0.29) is 11.6 Å². The van der Waals surface area contributed by atoms with Crippen molar-refractivity contribution in [2.75, 3.05) is 28.6 Å². The summed E-state index contributed by atoms with van der Waals surface area (Å²) in [5.74, 6) is 0.0647. The van der Waals surface area contributed by atoms with Gasteiger partial charge in [-0.2, -0.15) is 0 Å². The minimum atomic E-state index is -0.282. The minimum Gasteiger partial charge on any atom is -0.372 e. The Bertz CT molecular complexity index is 953. The second-order valence-corrected chi connectivity index (χ2v) is 7.03. The summed E-state index contributed by atoms with van der Waals surface area (Å²) in [5.41, 5.74) is 3.00. The van der Waals surface area contributed by atoms with E-state index in [0.717, 1.165) is 24.5 Å². The smallest absolute Gasteiger partial charge is 0.274 e. The summed E-state index contributed by atoms with van der Waals surface area (Å²) >= 11 is 5.89. The molecule has 0 radical (unpaired) electrons. The third kappa shape index (κ3) is 4.40. The number of hydrogen-bond acceptors (Lipinski definition) is 5. The molecule has 1 amide bonds. The molecule has 1 saturated heterocycles. The molecule has 0 atom stereocenters. The third-order valence-electron chi connectivity index (χ3n) is 4.58. The molecule has 1 aromatic heterocycles. The monoisotopic (exact) mass is 393 g/mol. The highest BCUT2D eigenvalue weighted by molar-refractivity contribution is 6.30. The standard InChI is InChI=1S/C21H20ClN5O/c22-15-3-5-17(6-4-15)25-21-23-12-11-19(26-21)20(28)24-16-7-9-18(10-8-16)27-13-1-2-14-27/h3-12H,1-2,13-14H2,(H,24,28)(H,23,25,26). The topological polar surface area (TPSA) is 70.2 Å². The fourth-order valence-corrected chi connectivity index (χ4v) is 3.26. The van der Waals surface area contributed by atoms with E-state index < -0.39 is 0 Å². The van der Waals surface area contributed by atoms with E-state index in [4.69, 9.17) is 11.6 Å². The first kappa shape index (κ1) is 18.3. The van der Waals surface area contributed by atoms with Gasteiger partial charge in [-0.05, 0) is 67.4 Å². The summed E-state index contributed by atoms with van der Waals surface area (Å²) in [6.45, 7) is 2.19. The first-order chi connectivity index (χ1) is 13.7. The predicted octanol–water partition coefficient (Wildman–Crippen LogP) is 4.73. The molecule has 142 valence electrons. The van der Waals surface area contributed by atoms with Gasteiger partial charge in [-0.3, -0.25) is 4.79 Å². The molecular formula is C21H20ClN5O. The van der Waals surface area contributed by atoms with E-state index in [1.165, 1.54) is 18.5 Å². The molecule has 0 aliphatic carbocycles. The number of amides is 1. The summed E-state index contributed by atoms with van der Waals surface area (Å²) < 4.78 is 0. The lowest BCUT2D eigenvalue weighted by molar-refractivity contribution is 0.102. The van der Waals surface area contributed by atoms with Gasteiger partial charge in [-0.1, -0.05) is 11.6 Å². The van der Waals surface area contributed by atoms with Crippen molar-refractivity contribution in [2.24, 2.45) is 0 Å². The number of carbonyl (C=O) groups is 1. The van der Waals surface area contributed by atoms with Crippen LogP contribution in [0.2, 0.25) is 5.02 Å². The van der Waals surface area contributed by atoms with Crippen LogP contribution in [-0.4, -0.2) is 29.0 Å². The lowest BCUT2D eigenvalue weighted by atomic mass is 10.2. The second kappa shape index (κ2) is 8.27. The van der Waals surface area contributed by atoms with Gasteiger partial charge in [0.2, 0.25) is 5.95 Å². The van der Waals surface area contributed by atoms with Gasteiger partial charge < -0.3 is 15.5 Å². The van der Waals surface area contributed by atoms with Crippen LogP contribution in [-0.2, 0) is 0 Å². The number of nitrogens with zero attached hydrogens (tertiary/aromatic N) is 3. The molecule has 1 aliphatic heterocycles. The van der Waals surface area contributed by atoms with Crippen LogP contribution in [0.3, 0.4) is 0 Å². The van der Waals surface area contributed by atoms with Crippen molar-refractivity contribution in [1.29, 1.82) is 0 Å². The number of benzene rings is 2. The van der Waals surface area contributed by atoms with Crippen LogP contribution >= 0.6 is 11.6 Å². The second-order valence-electron chi connectivity index (χ2n) is 6.59. The Labute approximate surface area is 168 Å². The number of halogens is 1. The van der Waals surface area contributed by atoms with Crippen molar-refractivity contribution in [3.05, 3.63) is 71.5 Å². The molecule has 0 saturated carbocycles. The van der Waals surface area contributed by atoms with Gasteiger partial charge >= 0.3 is 0 Å². The summed E-state index contributed by atoms with van der Waals surface area (Å²) in [4.78, 5) is 23.4.